The molecule has 2 rings (SSSR count). The van der Waals surface area contributed by atoms with Gasteiger partial charge in [-0.05, 0) is 23.9 Å². The highest BCUT2D eigenvalue weighted by Gasteiger charge is 2.11. The molecule has 3 heteroatoms. The molecule has 19 heavy (non-hydrogen) atoms. The third-order valence-corrected chi connectivity index (χ3v) is 3.21. The highest BCUT2D eigenvalue weighted by Crippen LogP contribution is 2.27. The van der Waals surface area contributed by atoms with Crippen LogP contribution in [0.1, 0.15) is 36.5 Å². The molecule has 0 aliphatic heterocycles. The van der Waals surface area contributed by atoms with Crippen LogP contribution in [0, 0.1) is 0 Å². The molecule has 0 atom stereocenters. The van der Waals surface area contributed by atoms with Gasteiger partial charge in [-0.1, -0.05) is 44.0 Å². The Kier molecular flexibility index (Phi) is 4.39. The normalized spacial score (nSPS) is 10.6. The summed E-state index contributed by atoms with van der Waals surface area (Å²) in [4.78, 5) is 12.1. The minimum absolute atomic E-state index is 0.0766. The summed E-state index contributed by atoms with van der Waals surface area (Å²) in [6.45, 7) is 2.83. The number of carbonyl (C=O) groups is 1. The van der Waals surface area contributed by atoms with Gasteiger partial charge in [-0.2, -0.15) is 0 Å². The second-order valence-electron chi connectivity index (χ2n) is 4.64. The fourth-order valence-corrected chi connectivity index (χ4v) is 2.15. The van der Waals surface area contributed by atoms with Gasteiger partial charge in [-0.25, -0.2) is 0 Å². The van der Waals surface area contributed by atoms with Crippen molar-refractivity contribution < 1.29 is 9.90 Å². The summed E-state index contributed by atoms with van der Waals surface area (Å²) in [5.74, 6) is 0.130. The minimum Gasteiger partial charge on any atom is -0.507 e. The van der Waals surface area contributed by atoms with E-state index in [0.29, 0.717) is 17.5 Å². The quantitative estimate of drug-likeness (QED) is 0.806. The van der Waals surface area contributed by atoms with Gasteiger partial charge in [0.2, 0.25) is 0 Å². The van der Waals surface area contributed by atoms with Crippen LogP contribution in [0.3, 0.4) is 0 Å². The maximum Gasteiger partial charge on any atom is 0.251 e. The Bertz CT molecular complexity index is 578. The van der Waals surface area contributed by atoms with Crippen molar-refractivity contribution in [2.24, 2.45) is 0 Å². The molecule has 0 radical (unpaired) electrons. The SMILES string of the molecule is CCCCCNC(=O)c1ccc(O)c2ccccc12. The number of fused-ring (bicyclic) bond motifs is 1. The zero-order valence-corrected chi connectivity index (χ0v) is 11.1. The van der Waals surface area contributed by atoms with Gasteiger partial charge < -0.3 is 10.4 Å². The van der Waals surface area contributed by atoms with Crippen LogP contribution in [-0.2, 0) is 0 Å². The van der Waals surface area contributed by atoms with Crippen LogP contribution in [0.4, 0.5) is 0 Å². The van der Waals surface area contributed by atoms with E-state index in [1.165, 1.54) is 0 Å². The van der Waals surface area contributed by atoms with Crippen molar-refractivity contribution in [3.63, 3.8) is 0 Å². The van der Waals surface area contributed by atoms with Gasteiger partial charge in [-0.15, -0.1) is 0 Å². The van der Waals surface area contributed by atoms with Crippen LogP contribution in [0.5, 0.6) is 5.75 Å². The number of hydrogen-bond acceptors (Lipinski definition) is 2. The molecule has 2 aromatic rings. The maximum absolute atomic E-state index is 12.1. The number of carbonyl (C=O) groups excluding carboxylic acids is 1. The molecule has 0 spiro atoms. The summed E-state index contributed by atoms with van der Waals surface area (Å²) in [6, 6.07) is 10.6. The highest BCUT2D eigenvalue weighted by atomic mass is 16.3. The van der Waals surface area contributed by atoms with Crippen molar-refractivity contribution in [3.05, 3.63) is 42.0 Å². The molecule has 0 aliphatic carbocycles. The molecule has 1 amide bonds. The molecule has 0 unspecified atom stereocenters. The Balaban J connectivity index is 2.20. The lowest BCUT2D eigenvalue weighted by molar-refractivity contribution is 0.0954. The van der Waals surface area contributed by atoms with E-state index in [4.69, 9.17) is 0 Å². The first-order chi connectivity index (χ1) is 9.24. The first-order valence-electron chi connectivity index (χ1n) is 6.73. The fourth-order valence-electron chi connectivity index (χ4n) is 2.15. The van der Waals surface area contributed by atoms with Crippen LogP contribution in [0.2, 0.25) is 0 Å². The lowest BCUT2D eigenvalue weighted by Crippen LogP contribution is -2.24. The summed E-state index contributed by atoms with van der Waals surface area (Å²) >= 11 is 0. The largest absolute Gasteiger partial charge is 0.507 e. The van der Waals surface area contributed by atoms with Crippen LogP contribution in [0.25, 0.3) is 10.8 Å². The zero-order valence-electron chi connectivity index (χ0n) is 11.1. The molecule has 2 N–H and O–H groups in total. The Hall–Kier alpha value is -2.03. The zero-order chi connectivity index (χ0) is 13.7. The number of rotatable bonds is 5. The van der Waals surface area contributed by atoms with E-state index in [0.717, 1.165) is 24.6 Å². The van der Waals surface area contributed by atoms with Crippen molar-refractivity contribution in [3.8, 4) is 5.75 Å². The van der Waals surface area contributed by atoms with Crippen LogP contribution in [-0.4, -0.2) is 17.6 Å². The van der Waals surface area contributed by atoms with Crippen molar-refractivity contribution in [2.75, 3.05) is 6.54 Å². The molecule has 3 nitrogen and oxygen atoms in total. The molecule has 2 aromatic carbocycles. The second kappa shape index (κ2) is 6.23. The number of phenolic OH excluding ortho intramolecular Hbond substituents is 1. The molecule has 0 saturated carbocycles. The van der Waals surface area contributed by atoms with Crippen molar-refractivity contribution in [1.29, 1.82) is 0 Å². The molecule has 0 bridgehead atoms. The fraction of sp³-hybridized carbons (Fsp3) is 0.312. The standard InChI is InChI=1S/C16H19NO2/c1-2-3-6-11-17-16(19)14-9-10-15(18)13-8-5-4-7-12(13)14/h4-5,7-10,18H,2-3,6,11H2,1H3,(H,17,19). The topological polar surface area (TPSA) is 49.3 Å². The first-order valence-corrected chi connectivity index (χ1v) is 6.73. The molecule has 0 fully saturated rings. The summed E-state index contributed by atoms with van der Waals surface area (Å²) in [5.41, 5.74) is 0.616. The molecule has 0 heterocycles. The number of amides is 1. The smallest absolute Gasteiger partial charge is 0.251 e. The van der Waals surface area contributed by atoms with Crippen molar-refractivity contribution in [1.82, 2.24) is 5.32 Å². The Morgan fingerprint density at radius 3 is 2.58 bits per heavy atom. The second-order valence-corrected chi connectivity index (χ2v) is 4.64. The van der Waals surface area contributed by atoms with Gasteiger partial charge in [0.1, 0.15) is 5.75 Å². The third-order valence-electron chi connectivity index (χ3n) is 3.21. The number of hydrogen-bond donors (Lipinski definition) is 2. The Morgan fingerprint density at radius 1 is 1.11 bits per heavy atom. The minimum atomic E-state index is -0.0766. The van der Waals surface area contributed by atoms with Gasteiger partial charge in [0, 0.05) is 17.5 Å². The molecule has 100 valence electrons. The number of aromatic hydroxyl groups is 1. The number of benzene rings is 2. The van der Waals surface area contributed by atoms with E-state index in [-0.39, 0.29) is 11.7 Å². The summed E-state index contributed by atoms with van der Waals surface area (Å²) < 4.78 is 0. The first kappa shape index (κ1) is 13.4. The molecule has 0 aromatic heterocycles. The van der Waals surface area contributed by atoms with Crippen LogP contribution < -0.4 is 5.32 Å². The van der Waals surface area contributed by atoms with E-state index in [2.05, 4.69) is 12.2 Å². The maximum atomic E-state index is 12.1. The van der Waals surface area contributed by atoms with Crippen molar-refractivity contribution >= 4 is 16.7 Å². The van der Waals surface area contributed by atoms with E-state index in [1.54, 1.807) is 12.1 Å². The average molecular weight is 257 g/mol. The van der Waals surface area contributed by atoms with Crippen molar-refractivity contribution in [2.45, 2.75) is 26.2 Å². The summed E-state index contributed by atoms with van der Waals surface area (Å²) in [7, 11) is 0. The lowest BCUT2D eigenvalue weighted by Gasteiger charge is -2.09. The highest BCUT2D eigenvalue weighted by molar-refractivity contribution is 6.08. The van der Waals surface area contributed by atoms with Gasteiger partial charge in [0.05, 0.1) is 0 Å². The number of phenols is 1. The third kappa shape index (κ3) is 3.05. The predicted molar refractivity (Wildman–Crippen MR) is 77.5 cm³/mol. The van der Waals surface area contributed by atoms with Gasteiger partial charge >= 0.3 is 0 Å². The van der Waals surface area contributed by atoms with Crippen LogP contribution >= 0.6 is 0 Å². The summed E-state index contributed by atoms with van der Waals surface area (Å²) in [6.07, 6.45) is 3.26. The molecule has 0 aliphatic rings. The van der Waals surface area contributed by atoms with Gasteiger partial charge in [0.15, 0.2) is 0 Å². The lowest BCUT2D eigenvalue weighted by atomic mass is 10.0. The Morgan fingerprint density at radius 2 is 1.84 bits per heavy atom. The monoisotopic (exact) mass is 257 g/mol. The molecular formula is C16H19NO2. The number of nitrogens with one attached hydrogen (secondary N) is 1. The molecule has 0 saturated heterocycles. The van der Waals surface area contributed by atoms with Crippen LogP contribution in [0.15, 0.2) is 36.4 Å². The Labute approximate surface area is 113 Å². The summed E-state index contributed by atoms with van der Waals surface area (Å²) in [5, 5.41) is 14.2. The van der Waals surface area contributed by atoms with E-state index in [9.17, 15) is 9.90 Å². The van der Waals surface area contributed by atoms with Gasteiger partial charge in [0.25, 0.3) is 5.91 Å². The van der Waals surface area contributed by atoms with E-state index >= 15 is 0 Å². The van der Waals surface area contributed by atoms with Gasteiger partial charge in [-0.3, -0.25) is 4.79 Å². The van der Waals surface area contributed by atoms with E-state index in [1.807, 2.05) is 24.3 Å². The average Bonchev–Trinajstić information content (AvgIpc) is 2.44. The number of unbranched alkanes of at least 4 members (excludes halogenated alkanes) is 2. The molecular weight excluding hydrogens is 238 g/mol. The van der Waals surface area contributed by atoms with E-state index < -0.39 is 0 Å². The predicted octanol–water partition coefficient (Wildman–Crippen LogP) is 3.47.